The lowest BCUT2D eigenvalue weighted by atomic mass is 10.1. The summed E-state index contributed by atoms with van der Waals surface area (Å²) in [6, 6.07) is 7.81. The summed E-state index contributed by atoms with van der Waals surface area (Å²) >= 11 is 0. The Bertz CT molecular complexity index is 713. The molecule has 2 rings (SSSR count). The molecule has 0 N–H and O–H groups in total. The van der Waals surface area contributed by atoms with Crippen LogP contribution in [-0.4, -0.2) is 34.7 Å². The number of amides is 1. The fourth-order valence-corrected chi connectivity index (χ4v) is 2.29. The van der Waals surface area contributed by atoms with Crippen LogP contribution in [-0.2, 0) is 17.5 Å². The van der Waals surface area contributed by atoms with E-state index in [-0.39, 0.29) is 18.5 Å². The summed E-state index contributed by atoms with van der Waals surface area (Å²) in [6.45, 7) is 1.55. The van der Waals surface area contributed by atoms with Crippen LogP contribution < -0.4 is 4.74 Å². The van der Waals surface area contributed by atoms with Crippen LogP contribution in [0, 0.1) is 0 Å². The summed E-state index contributed by atoms with van der Waals surface area (Å²) in [5.41, 5.74) is -0.206. The van der Waals surface area contributed by atoms with Crippen molar-refractivity contribution in [2.45, 2.75) is 25.7 Å². The molecule has 1 aromatic heterocycles. The van der Waals surface area contributed by atoms with Gasteiger partial charge in [-0.1, -0.05) is 18.2 Å². The van der Waals surface area contributed by atoms with Crippen molar-refractivity contribution in [3.8, 4) is 5.75 Å². The number of ether oxygens (including phenoxy) is 1. The molecule has 1 unspecified atom stereocenters. The first-order valence-corrected chi connectivity index (χ1v) is 7.23. The number of benzene rings is 1. The Hall–Kier alpha value is -2.51. The molecule has 1 heterocycles. The van der Waals surface area contributed by atoms with Crippen LogP contribution in [0.3, 0.4) is 0 Å². The molecule has 2 aromatic rings. The molecular weight excluding hydrogens is 323 g/mol. The topological polar surface area (TPSA) is 47.4 Å². The van der Waals surface area contributed by atoms with E-state index in [2.05, 4.69) is 5.10 Å². The first kappa shape index (κ1) is 17.8. The van der Waals surface area contributed by atoms with Crippen LogP contribution in [0.5, 0.6) is 5.75 Å². The van der Waals surface area contributed by atoms with Crippen molar-refractivity contribution < 1.29 is 22.7 Å². The minimum atomic E-state index is -4.52. The average molecular weight is 341 g/mol. The Labute approximate surface area is 137 Å². The SMILES string of the molecule is COc1ccccc1C(C)N(C)C(=O)Cn1ccc(C(F)(F)F)n1. The number of hydrogen-bond acceptors (Lipinski definition) is 3. The van der Waals surface area contributed by atoms with E-state index in [1.165, 1.54) is 12.0 Å². The summed E-state index contributed by atoms with van der Waals surface area (Å²) < 4.78 is 43.9. The predicted molar refractivity (Wildman–Crippen MR) is 81.4 cm³/mol. The molecular formula is C16H18F3N3O2. The minimum absolute atomic E-state index is 0.272. The Morgan fingerprint density at radius 3 is 2.58 bits per heavy atom. The second-order valence-corrected chi connectivity index (χ2v) is 5.32. The molecule has 0 aliphatic heterocycles. The third-order valence-electron chi connectivity index (χ3n) is 3.79. The first-order valence-electron chi connectivity index (χ1n) is 7.23. The summed E-state index contributed by atoms with van der Waals surface area (Å²) in [4.78, 5) is 13.8. The summed E-state index contributed by atoms with van der Waals surface area (Å²) in [6.07, 6.45) is -3.38. The van der Waals surface area contributed by atoms with Gasteiger partial charge in [0.1, 0.15) is 12.3 Å². The highest BCUT2D eigenvalue weighted by atomic mass is 19.4. The highest BCUT2D eigenvalue weighted by molar-refractivity contribution is 5.76. The third kappa shape index (κ3) is 3.87. The minimum Gasteiger partial charge on any atom is -0.496 e. The molecule has 1 amide bonds. The predicted octanol–water partition coefficient (Wildman–Crippen LogP) is 3.13. The van der Waals surface area contributed by atoms with Crippen LogP contribution in [0.1, 0.15) is 24.2 Å². The van der Waals surface area contributed by atoms with E-state index in [1.54, 1.807) is 13.1 Å². The molecule has 0 saturated heterocycles. The Morgan fingerprint density at radius 2 is 2.00 bits per heavy atom. The zero-order valence-electron chi connectivity index (χ0n) is 13.5. The van der Waals surface area contributed by atoms with Gasteiger partial charge in [0.15, 0.2) is 5.69 Å². The number of likely N-dealkylation sites (N-methyl/N-ethyl adjacent to an activating group) is 1. The Balaban J connectivity index is 2.10. The molecule has 130 valence electrons. The van der Waals surface area contributed by atoms with E-state index in [9.17, 15) is 18.0 Å². The number of nitrogens with zero attached hydrogens (tertiary/aromatic N) is 3. The van der Waals surface area contributed by atoms with Crippen molar-refractivity contribution in [2.24, 2.45) is 0 Å². The molecule has 0 aliphatic rings. The molecule has 0 bridgehead atoms. The number of rotatable bonds is 5. The average Bonchev–Trinajstić information content (AvgIpc) is 3.02. The van der Waals surface area contributed by atoms with E-state index in [0.29, 0.717) is 5.75 Å². The second-order valence-electron chi connectivity index (χ2n) is 5.32. The zero-order valence-corrected chi connectivity index (χ0v) is 13.5. The van der Waals surface area contributed by atoms with Gasteiger partial charge in [-0.25, -0.2) is 0 Å². The van der Waals surface area contributed by atoms with Crippen LogP contribution in [0.25, 0.3) is 0 Å². The standard InChI is InChI=1S/C16H18F3N3O2/c1-11(12-6-4-5-7-13(12)24-3)21(2)15(23)10-22-9-8-14(20-22)16(17,18)19/h4-9,11H,10H2,1-3H3. The maximum atomic E-state index is 12.5. The molecule has 0 saturated carbocycles. The fourth-order valence-electron chi connectivity index (χ4n) is 2.29. The van der Waals surface area contributed by atoms with Gasteiger partial charge in [0.2, 0.25) is 5.91 Å². The molecule has 1 atom stereocenters. The number of methoxy groups -OCH3 is 1. The molecule has 0 aliphatic carbocycles. The Morgan fingerprint density at radius 1 is 1.33 bits per heavy atom. The smallest absolute Gasteiger partial charge is 0.435 e. The van der Waals surface area contributed by atoms with Gasteiger partial charge in [-0.15, -0.1) is 0 Å². The molecule has 0 fully saturated rings. The maximum Gasteiger partial charge on any atom is 0.435 e. The van der Waals surface area contributed by atoms with Gasteiger partial charge in [0, 0.05) is 18.8 Å². The van der Waals surface area contributed by atoms with Crippen molar-refractivity contribution in [1.82, 2.24) is 14.7 Å². The monoisotopic (exact) mass is 341 g/mol. The number of alkyl halides is 3. The number of carbonyl (C=O) groups is 1. The highest BCUT2D eigenvalue weighted by Crippen LogP contribution is 2.29. The van der Waals surface area contributed by atoms with Crippen molar-refractivity contribution in [3.05, 3.63) is 47.8 Å². The van der Waals surface area contributed by atoms with E-state index in [1.807, 2.05) is 25.1 Å². The Kier molecular flexibility index (Phi) is 5.16. The first-order chi connectivity index (χ1) is 11.2. The van der Waals surface area contributed by atoms with Crippen LogP contribution in [0.2, 0.25) is 0 Å². The van der Waals surface area contributed by atoms with Gasteiger partial charge in [-0.3, -0.25) is 9.48 Å². The van der Waals surface area contributed by atoms with Crippen LogP contribution in [0.4, 0.5) is 13.2 Å². The lowest BCUT2D eigenvalue weighted by Gasteiger charge is -2.26. The summed E-state index contributed by atoms with van der Waals surface area (Å²) in [5, 5.41) is 3.39. The molecule has 24 heavy (non-hydrogen) atoms. The second kappa shape index (κ2) is 6.94. The van der Waals surface area contributed by atoms with Gasteiger partial charge in [0.05, 0.1) is 13.2 Å². The normalized spacial score (nSPS) is 12.8. The van der Waals surface area contributed by atoms with Gasteiger partial charge in [-0.05, 0) is 19.1 Å². The van der Waals surface area contributed by atoms with E-state index in [4.69, 9.17) is 4.74 Å². The van der Waals surface area contributed by atoms with Crippen molar-refractivity contribution in [2.75, 3.05) is 14.2 Å². The van der Waals surface area contributed by atoms with Gasteiger partial charge < -0.3 is 9.64 Å². The number of aromatic nitrogens is 2. The molecule has 0 spiro atoms. The lowest BCUT2D eigenvalue weighted by Crippen LogP contribution is -2.33. The number of hydrogen-bond donors (Lipinski definition) is 0. The number of carbonyl (C=O) groups excluding carboxylic acids is 1. The fraction of sp³-hybridized carbons (Fsp3) is 0.375. The molecule has 0 radical (unpaired) electrons. The van der Waals surface area contributed by atoms with Gasteiger partial charge in [0.25, 0.3) is 0 Å². The van der Waals surface area contributed by atoms with E-state index in [0.717, 1.165) is 22.5 Å². The number of para-hydroxylation sites is 1. The summed E-state index contributed by atoms with van der Waals surface area (Å²) in [5.74, 6) is 0.285. The van der Waals surface area contributed by atoms with E-state index >= 15 is 0 Å². The number of halogens is 3. The third-order valence-corrected chi connectivity index (χ3v) is 3.79. The van der Waals surface area contributed by atoms with Crippen molar-refractivity contribution in [3.63, 3.8) is 0 Å². The van der Waals surface area contributed by atoms with E-state index < -0.39 is 11.9 Å². The van der Waals surface area contributed by atoms with Crippen LogP contribution >= 0.6 is 0 Å². The molecule has 1 aromatic carbocycles. The molecule has 8 heteroatoms. The maximum absolute atomic E-state index is 12.5. The largest absolute Gasteiger partial charge is 0.496 e. The summed E-state index contributed by atoms with van der Waals surface area (Å²) in [7, 11) is 3.13. The van der Waals surface area contributed by atoms with Crippen molar-refractivity contribution >= 4 is 5.91 Å². The molecule has 5 nitrogen and oxygen atoms in total. The van der Waals surface area contributed by atoms with Crippen LogP contribution in [0.15, 0.2) is 36.5 Å². The lowest BCUT2D eigenvalue weighted by molar-refractivity contribution is -0.142. The van der Waals surface area contributed by atoms with Gasteiger partial charge >= 0.3 is 6.18 Å². The van der Waals surface area contributed by atoms with Crippen molar-refractivity contribution in [1.29, 1.82) is 0 Å². The quantitative estimate of drug-likeness (QED) is 0.839. The van der Waals surface area contributed by atoms with Gasteiger partial charge in [-0.2, -0.15) is 18.3 Å². The zero-order chi connectivity index (χ0) is 17.9. The highest BCUT2D eigenvalue weighted by Gasteiger charge is 2.33.